The molecule has 1 atom stereocenters. The number of benzene rings is 2. The van der Waals surface area contributed by atoms with Gasteiger partial charge in [0.1, 0.15) is 6.04 Å². The fourth-order valence-corrected chi connectivity index (χ4v) is 3.14. The lowest BCUT2D eigenvalue weighted by atomic mass is 10.1. The van der Waals surface area contributed by atoms with Crippen LogP contribution >= 0.6 is 11.3 Å². The number of aromatic nitrogens is 1. The molecule has 0 aliphatic carbocycles. The number of hydrogen-bond donors (Lipinski definition) is 3. The Kier molecular flexibility index (Phi) is 5.52. The van der Waals surface area contributed by atoms with Crippen LogP contribution in [0, 0.1) is 6.92 Å². The molecule has 2 amide bonds. The number of rotatable bonds is 6. The molecule has 0 spiro atoms. The molecule has 138 valence electrons. The highest BCUT2D eigenvalue weighted by atomic mass is 32.1. The first-order chi connectivity index (χ1) is 12.9. The second-order valence-corrected chi connectivity index (χ2v) is 7.19. The topological polar surface area (TPSA) is 97.1 Å². The van der Waals surface area contributed by atoms with Gasteiger partial charge in [-0.1, -0.05) is 12.1 Å². The summed E-state index contributed by atoms with van der Waals surface area (Å²) in [4.78, 5) is 27.9. The van der Waals surface area contributed by atoms with Gasteiger partial charge in [-0.15, -0.1) is 11.3 Å². The molecule has 2 aromatic carbocycles. The molecular formula is C20H20N4O2S. The van der Waals surface area contributed by atoms with Gasteiger partial charge in [-0.3, -0.25) is 9.59 Å². The molecule has 0 radical (unpaired) electrons. The van der Waals surface area contributed by atoms with E-state index in [2.05, 4.69) is 15.6 Å². The highest BCUT2D eigenvalue weighted by Gasteiger charge is 2.13. The van der Waals surface area contributed by atoms with E-state index in [-0.39, 0.29) is 5.91 Å². The molecule has 1 heterocycles. The van der Waals surface area contributed by atoms with Crippen LogP contribution in [0.15, 0.2) is 53.9 Å². The number of amides is 2. The van der Waals surface area contributed by atoms with Crippen LogP contribution in [0.2, 0.25) is 0 Å². The Labute approximate surface area is 161 Å². The molecule has 0 saturated carbocycles. The maximum absolute atomic E-state index is 12.4. The SMILES string of the molecule is Cc1nc(-c2ccc(N[C@H](C)C(=O)Nc3ccc(C(N)=O)cc3)cc2)cs1. The van der Waals surface area contributed by atoms with Crippen LogP contribution in [-0.2, 0) is 4.79 Å². The molecular weight excluding hydrogens is 360 g/mol. The van der Waals surface area contributed by atoms with Gasteiger partial charge in [0.05, 0.1) is 10.7 Å². The number of thiazole rings is 1. The quantitative estimate of drug-likeness (QED) is 0.608. The number of anilines is 2. The van der Waals surface area contributed by atoms with E-state index >= 15 is 0 Å². The average molecular weight is 380 g/mol. The van der Waals surface area contributed by atoms with E-state index in [0.717, 1.165) is 22.0 Å². The summed E-state index contributed by atoms with van der Waals surface area (Å²) in [7, 11) is 0. The second-order valence-electron chi connectivity index (χ2n) is 6.13. The zero-order chi connectivity index (χ0) is 19.4. The zero-order valence-corrected chi connectivity index (χ0v) is 15.8. The van der Waals surface area contributed by atoms with E-state index in [4.69, 9.17) is 5.73 Å². The first-order valence-electron chi connectivity index (χ1n) is 8.42. The highest BCUT2D eigenvalue weighted by molar-refractivity contribution is 7.09. The summed E-state index contributed by atoms with van der Waals surface area (Å²) in [6, 6.07) is 13.8. The molecule has 6 nitrogen and oxygen atoms in total. The molecule has 0 saturated heterocycles. The summed E-state index contributed by atoms with van der Waals surface area (Å²) in [6.07, 6.45) is 0. The Morgan fingerprint density at radius 2 is 1.67 bits per heavy atom. The molecule has 27 heavy (non-hydrogen) atoms. The summed E-state index contributed by atoms with van der Waals surface area (Å²) in [5, 5.41) is 9.03. The monoisotopic (exact) mass is 380 g/mol. The van der Waals surface area contributed by atoms with Gasteiger partial charge in [0.2, 0.25) is 11.8 Å². The number of hydrogen-bond acceptors (Lipinski definition) is 5. The lowest BCUT2D eigenvalue weighted by Crippen LogP contribution is -2.31. The van der Waals surface area contributed by atoms with E-state index in [1.165, 1.54) is 0 Å². The van der Waals surface area contributed by atoms with Gasteiger partial charge >= 0.3 is 0 Å². The van der Waals surface area contributed by atoms with E-state index in [0.29, 0.717) is 11.3 Å². The number of nitrogens with one attached hydrogen (secondary N) is 2. The molecule has 0 bridgehead atoms. The predicted octanol–water partition coefficient (Wildman–Crippen LogP) is 3.66. The van der Waals surface area contributed by atoms with Gasteiger partial charge in [-0.25, -0.2) is 4.98 Å². The van der Waals surface area contributed by atoms with Crippen LogP contribution in [0.25, 0.3) is 11.3 Å². The van der Waals surface area contributed by atoms with Gasteiger partial charge in [0.15, 0.2) is 0 Å². The smallest absolute Gasteiger partial charge is 0.248 e. The normalized spacial score (nSPS) is 11.6. The minimum Gasteiger partial charge on any atom is -0.374 e. The second kappa shape index (κ2) is 8.01. The Bertz CT molecular complexity index is 949. The van der Waals surface area contributed by atoms with Crippen LogP contribution in [0.4, 0.5) is 11.4 Å². The third-order valence-corrected chi connectivity index (χ3v) is 4.79. The number of nitrogens with zero attached hydrogens (tertiary/aromatic N) is 1. The Balaban J connectivity index is 1.59. The van der Waals surface area contributed by atoms with E-state index < -0.39 is 11.9 Å². The van der Waals surface area contributed by atoms with Crippen molar-refractivity contribution in [2.75, 3.05) is 10.6 Å². The van der Waals surface area contributed by atoms with Gasteiger partial charge in [0.25, 0.3) is 0 Å². The maximum atomic E-state index is 12.4. The summed E-state index contributed by atoms with van der Waals surface area (Å²) in [5.41, 5.74) is 9.05. The van der Waals surface area contributed by atoms with Crippen molar-refractivity contribution < 1.29 is 9.59 Å². The van der Waals surface area contributed by atoms with Crippen molar-refractivity contribution in [1.29, 1.82) is 0 Å². The van der Waals surface area contributed by atoms with Crippen LogP contribution in [0.3, 0.4) is 0 Å². The Morgan fingerprint density at radius 3 is 2.22 bits per heavy atom. The van der Waals surface area contributed by atoms with Gasteiger partial charge in [-0.2, -0.15) is 0 Å². The molecule has 1 aromatic heterocycles. The van der Waals surface area contributed by atoms with E-state index in [1.54, 1.807) is 42.5 Å². The van der Waals surface area contributed by atoms with Crippen molar-refractivity contribution in [3.05, 3.63) is 64.5 Å². The molecule has 4 N–H and O–H groups in total. The summed E-state index contributed by atoms with van der Waals surface area (Å²) < 4.78 is 0. The number of primary amides is 1. The fourth-order valence-electron chi connectivity index (χ4n) is 2.52. The van der Waals surface area contributed by atoms with Crippen molar-refractivity contribution in [2.45, 2.75) is 19.9 Å². The van der Waals surface area contributed by atoms with E-state index in [1.807, 2.05) is 36.6 Å². The molecule has 0 aliphatic rings. The molecule has 0 fully saturated rings. The predicted molar refractivity (Wildman–Crippen MR) is 109 cm³/mol. The zero-order valence-electron chi connectivity index (χ0n) is 15.0. The highest BCUT2D eigenvalue weighted by Crippen LogP contribution is 2.23. The van der Waals surface area contributed by atoms with Gasteiger partial charge < -0.3 is 16.4 Å². The molecule has 3 rings (SSSR count). The standard InChI is InChI=1S/C20H20N4O2S/c1-12(20(26)24-17-9-5-15(6-10-17)19(21)25)22-16-7-3-14(4-8-16)18-11-27-13(2)23-18/h3-12,22H,1-2H3,(H2,21,25)(H,24,26)/t12-/m1/s1. The minimum atomic E-state index is -0.501. The van der Waals surface area contributed by atoms with Crippen molar-refractivity contribution >= 4 is 34.5 Å². The summed E-state index contributed by atoms with van der Waals surface area (Å²) >= 11 is 1.62. The summed E-state index contributed by atoms with van der Waals surface area (Å²) in [5.74, 6) is -0.680. The fraction of sp³-hybridized carbons (Fsp3) is 0.150. The van der Waals surface area contributed by atoms with Crippen LogP contribution in [-0.4, -0.2) is 22.8 Å². The first kappa shape index (κ1) is 18.6. The summed E-state index contributed by atoms with van der Waals surface area (Å²) in [6.45, 7) is 3.76. The molecule has 7 heteroatoms. The minimum absolute atomic E-state index is 0.180. The van der Waals surface area contributed by atoms with Gasteiger partial charge in [0, 0.05) is 27.9 Å². The molecule has 3 aromatic rings. The van der Waals surface area contributed by atoms with Crippen LogP contribution in [0.5, 0.6) is 0 Å². The van der Waals surface area contributed by atoms with Crippen LogP contribution in [0.1, 0.15) is 22.3 Å². The number of nitrogens with two attached hydrogens (primary N) is 1. The maximum Gasteiger partial charge on any atom is 0.248 e. The molecule has 0 aliphatic heterocycles. The van der Waals surface area contributed by atoms with Crippen molar-refractivity contribution in [1.82, 2.24) is 4.98 Å². The number of carbonyl (C=O) groups excluding carboxylic acids is 2. The lowest BCUT2D eigenvalue weighted by molar-refractivity contribution is -0.116. The number of aryl methyl sites for hydroxylation is 1. The Hall–Kier alpha value is -3.19. The average Bonchev–Trinajstić information content (AvgIpc) is 3.09. The number of carbonyl (C=O) groups is 2. The lowest BCUT2D eigenvalue weighted by Gasteiger charge is -2.15. The van der Waals surface area contributed by atoms with Gasteiger partial charge in [-0.05, 0) is 50.2 Å². The van der Waals surface area contributed by atoms with E-state index in [9.17, 15) is 9.59 Å². The van der Waals surface area contributed by atoms with Crippen molar-refractivity contribution in [3.63, 3.8) is 0 Å². The van der Waals surface area contributed by atoms with Crippen molar-refractivity contribution in [3.8, 4) is 11.3 Å². The third kappa shape index (κ3) is 4.71. The Morgan fingerprint density at radius 1 is 1.04 bits per heavy atom. The van der Waals surface area contributed by atoms with Crippen LogP contribution < -0.4 is 16.4 Å². The van der Waals surface area contributed by atoms with Crippen molar-refractivity contribution in [2.24, 2.45) is 5.73 Å². The first-order valence-corrected chi connectivity index (χ1v) is 9.30. The third-order valence-electron chi connectivity index (χ3n) is 4.01. The molecule has 0 unspecified atom stereocenters. The largest absolute Gasteiger partial charge is 0.374 e.